The fourth-order valence-corrected chi connectivity index (χ4v) is 3.85. The van der Waals surface area contributed by atoms with Crippen molar-refractivity contribution >= 4 is 40.3 Å². The molecule has 0 saturated carbocycles. The Labute approximate surface area is 169 Å². The molecule has 8 nitrogen and oxygen atoms in total. The Hall–Kier alpha value is -2.36. The Morgan fingerprint density at radius 2 is 2.36 bits per heavy atom. The maximum absolute atomic E-state index is 12.4. The molecular formula is C18H18ClN5O3S. The maximum Gasteiger partial charge on any atom is 0.262 e. The van der Waals surface area contributed by atoms with Gasteiger partial charge in [0.25, 0.3) is 5.56 Å². The van der Waals surface area contributed by atoms with E-state index in [9.17, 15) is 9.59 Å². The summed E-state index contributed by atoms with van der Waals surface area (Å²) in [6.45, 7) is 1.25. The second kappa shape index (κ2) is 8.34. The number of thioether (sulfide) groups is 1. The molecule has 4 rings (SSSR count). The van der Waals surface area contributed by atoms with Gasteiger partial charge in [0.15, 0.2) is 10.8 Å². The van der Waals surface area contributed by atoms with E-state index in [1.54, 1.807) is 22.9 Å². The number of nitrogens with zero attached hydrogens (tertiary/aromatic N) is 3. The summed E-state index contributed by atoms with van der Waals surface area (Å²) in [6, 6.07) is 7.12. The number of rotatable bonds is 6. The first-order chi connectivity index (χ1) is 13.6. The van der Waals surface area contributed by atoms with Gasteiger partial charge < -0.3 is 15.0 Å². The van der Waals surface area contributed by atoms with Gasteiger partial charge in [0.05, 0.1) is 23.7 Å². The molecule has 0 radical (unpaired) electrons. The lowest BCUT2D eigenvalue weighted by Crippen LogP contribution is -2.33. The van der Waals surface area contributed by atoms with Crippen LogP contribution in [0.25, 0.3) is 16.7 Å². The number of aromatic nitrogens is 4. The first kappa shape index (κ1) is 19.0. The van der Waals surface area contributed by atoms with Crippen molar-refractivity contribution in [1.29, 1.82) is 0 Å². The third-order valence-corrected chi connectivity index (χ3v) is 5.47. The number of ether oxygens (including phenoxy) is 1. The fourth-order valence-electron chi connectivity index (χ4n) is 2.98. The summed E-state index contributed by atoms with van der Waals surface area (Å²) in [5, 5.41) is 8.38. The summed E-state index contributed by atoms with van der Waals surface area (Å²) in [6.07, 6.45) is 3.55. The quantitative estimate of drug-likeness (QED) is 0.469. The number of benzene rings is 1. The summed E-state index contributed by atoms with van der Waals surface area (Å²) in [4.78, 5) is 31.6. The van der Waals surface area contributed by atoms with E-state index in [1.807, 2.05) is 6.07 Å². The summed E-state index contributed by atoms with van der Waals surface area (Å²) in [7, 11) is 0. The van der Waals surface area contributed by atoms with Gasteiger partial charge in [0.1, 0.15) is 5.39 Å². The van der Waals surface area contributed by atoms with Crippen LogP contribution in [0.2, 0.25) is 5.02 Å². The van der Waals surface area contributed by atoms with E-state index >= 15 is 0 Å². The minimum absolute atomic E-state index is 0.0929. The molecule has 10 heteroatoms. The van der Waals surface area contributed by atoms with Gasteiger partial charge in [-0.1, -0.05) is 29.4 Å². The van der Waals surface area contributed by atoms with Gasteiger partial charge in [-0.25, -0.2) is 9.67 Å². The number of H-pyrrole nitrogens is 1. The number of aromatic amines is 1. The molecule has 0 spiro atoms. The van der Waals surface area contributed by atoms with Crippen molar-refractivity contribution in [3.05, 3.63) is 45.8 Å². The van der Waals surface area contributed by atoms with Crippen LogP contribution < -0.4 is 10.9 Å². The topological polar surface area (TPSA) is 102 Å². The monoisotopic (exact) mass is 419 g/mol. The SMILES string of the molecule is O=C(CSc1nc2c(cnn2-c2cccc(Cl)c2)c(=O)[nH]1)NCC1CCCO1. The molecule has 1 saturated heterocycles. The predicted molar refractivity (Wildman–Crippen MR) is 107 cm³/mol. The zero-order valence-corrected chi connectivity index (χ0v) is 16.4. The van der Waals surface area contributed by atoms with Crippen LogP contribution in [0.4, 0.5) is 0 Å². The van der Waals surface area contributed by atoms with Crippen LogP contribution in [0.1, 0.15) is 12.8 Å². The Balaban J connectivity index is 1.49. The van der Waals surface area contributed by atoms with Crippen molar-refractivity contribution in [2.24, 2.45) is 0 Å². The first-order valence-electron chi connectivity index (χ1n) is 8.85. The summed E-state index contributed by atoms with van der Waals surface area (Å²) in [5.41, 5.74) is 0.805. The molecule has 2 N–H and O–H groups in total. The van der Waals surface area contributed by atoms with Crippen molar-refractivity contribution in [2.75, 3.05) is 18.9 Å². The smallest absolute Gasteiger partial charge is 0.262 e. The van der Waals surface area contributed by atoms with E-state index in [4.69, 9.17) is 16.3 Å². The van der Waals surface area contributed by atoms with Crippen LogP contribution in [0.5, 0.6) is 0 Å². The van der Waals surface area contributed by atoms with Crippen molar-refractivity contribution in [3.8, 4) is 5.69 Å². The van der Waals surface area contributed by atoms with Crippen molar-refractivity contribution < 1.29 is 9.53 Å². The lowest BCUT2D eigenvalue weighted by molar-refractivity contribution is -0.119. The van der Waals surface area contributed by atoms with Crippen LogP contribution in [-0.2, 0) is 9.53 Å². The van der Waals surface area contributed by atoms with Gasteiger partial charge in [-0.05, 0) is 31.0 Å². The molecule has 3 heterocycles. The summed E-state index contributed by atoms with van der Waals surface area (Å²) in [5.74, 6) is 0.0125. The number of carbonyl (C=O) groups excluding carboxylic acids is 1. The van der Waals surface area contributed by atoms with Crippen molar-refractivity contribution in [2.45, 2.75) is 24.1 Å². The molecule has 1 aliphatic rings. The van der Waals surface area contributed by atoms with Crippen LogP contribution in [0.15, 0.2) is 40.4 Å². The highest BCUT2D eigenvalue weighted by molar-refractivity contribution is 7.99. The lowest BCUT2D eigenvalue weighted by Gasteiger charge is -2.10. The van der Waals surface area contributed by atoms with Gasteiger partial charge in [0.2, 0.25) is 5.91 Å². The third kappa shape index (κ3) is 4.21. The molecule has 1 aromatic carbocycles. The molecule has 0 bridgehead atoms. The number of hydrogen-bond donors (Lipinski definition) is 2. The van der Waals surface area contributed by atoms with E-state index in [1.165, 1.54) is 6.20 Å². The molecule has 1 aliphatic heterocycles. The second-order valence-corrected chi connectivity index (χ2v) is 7.77. The standard InChI is InChI=1S/C18H18ClN5O3S/c19-11-3-1-4-12(7-11)24-16-14(9-21-24)17(26)23-18(22-16)28-10-15(25)20-8-13-5-2-6-27-13/h1,3-4,7,9,13H,2,5-6,8,10H2,(H,20,25)(H,22,23,26). The number of hydrogen-bond acceptors (Lipinski definition) is 6. The Morgan fingerprint density at radius 1 is 1.46 bits per heavy atom. The minimum Gasteiger partial charge on any atom is -0.376 e. The number of amides is 1. The Morgan fingerprint density at radius 3 is 3.14 bits per heavy atom. The van der Waals surface area contributed by atoms with Gasteiger partial charge in [-0.15, -0.1) is 0 Å². The molecule has 1 fully saturated rings. The first-order valence-corrected chi connectivity index (χ1v) is 10.2. The van der Waals surface area contributed by atoms with Gasteiger partial charge in [-0.3, -0.25) is 9.59 Å². The highest BCUT2D eigenvalue weighted by atomic mass is 35.5. The van der Waals surface area contributed by atoms with E-state index in [-0.39, 0.29) is 23.3 Å². The molecule has 0 aliphatic carbocycles. The van der Waals surface area contributed by atoms with Gasteiger partial charge >= 0.3 is 0 Å². The molecule has 1 unspecified atom stereocenters. The Bertz CT molecular complexity index is 1060. The average molecular weight is 420 g/mol. The number of fused-ring (bicyclic) bond motifs is 1. The molecule has 3 aromatic rings. The average Bonchev–Trinajstić information content (AvgIpc) is 3.34. The number of nitrogens with one attached hydrogen (secondary N) is 2. The summed E-state index contributed by atoms with van der Waals surface area (Å²) < 4.78 is 7.04. The predicted octanol–water partition coefficient (Wildman–Crippen LogP) is 2.15. The van der Waals surface area contributed by atoms with Crippen molar-refractivity contribution in [3.63, 3.8) is 0 Å². The molecule has 1 amide bonds. The van der Waals surface area contributed by atoms with E-state index < -0.39 is 0 Å². The molecular weight excluding hydrogens is 402 g/mol. The van der Waals surface area contributed by atoms with E-state index in [2.05, 4.69) is 20.4 Å². The van der Waals surface area contributed by atoms with E-state index in [0.29, 0.717) is 33.4 Å². The van der Waals surface area contributed by atoms with Crippen LogP contribution in [-0.4, -0.2) is 50.7 Å². The van der Waals surface area contributed by atoms with Gasteiger partial charge in [0, 0.05) is 18.2 Å². The van der Waals surface area contributed by atoms with Crippen LogP contribution >= 0.6 is 23.4 Å². The van der Waals surface area contributed by atoms with Crippen molar-refractivity contribution in [1.82, 2.24) is 25.1 Å². The van der Waals surface area contributed by atoms with Crippen LogP contribution in [0, 0.1) is 0 Å². The van der Waals surface area contributed by atoms with Crippen LogP contribution in [0.3, 0.4) is 0 Å². The molecule has 2 aromatic heterocycles. The van der Waals surface area contributed by atoms with E-state index in [0.717, 1.165) is 31.2 Å². The number of carbonyl (C=O) groups is 1. The minimum atomic E-state index is -0.305. The molecule has 146 valence electrons. The third-order valence-electron chi connectivity index (χ3n) is 4.36. The second-order valence-electron chi connectivity index (χ2n) is 6.37. The molecule has 28 heavy (non-hydrogen) atoms. The zero-order chi connectivity index (χ0) is 19.5. The highest BCUT2D eigenvalue weighted by Crippen LogP contribution is 2.20. The lowest BCUT2D eigenvalue weighted by atomic mass is 10.2. The zero-order valence-electron chi connectivity index (χ0n) is 14.9. The number of halogens is 1. The Kier molecular flexibility index (Phi) is 5.65. The fraction of sp³-hybridized carbons (Fsp3) is 0.333. The van der Waals surface area contributed by atoms with Gasteiger partial charge in [-0.2, -0.15) is 5.10 Å². The maximum atomic E-state index is 12.4. The summed E-state index contributed by atoms with van der Waals surface area (Å²) >= 11 is 7.21. The highest BCUT2D eigenvalue weighted by Gasteiger charge is 2.17. The normalized spacial score (nSPS) is 16.5. The largest absolute Gasteiger partial charge is 0.376 e. The molecule has 1 atom stereocenters.